The van der Waals surface area contributed by atoms with Crippen LogP contribution >= 0.6 is 7.14 Å². The van der Waals surface area contributed by atoms with Crippen LogP contribution in [0.4, 0.5) is 0 Å². The molecule has 0 bridgehead atoms. The average Bonchev–Trinajstić information content (AvgIpc) is 3.64. The summed E-state index contributed by atoms with van der Waals surface area (Å²) < 4.78 is 18.3. The maximum absolute atomic E-state index is 15.9. The van der Waals surface area contributed by atoms with E-state index in [0.717, 1.165) is 82.2 Å². The first-order chi connectivity index (χ1) is 24.2. The smallest absolute Gasteiger partial charge is 0.172 e. The molecule has 8 aromatic carbocycles. The zero-order chi connectivity index (χ0) is 32.5. The molecule has 9 aromatic rings. The maximum atomic E-state index is 15.9. The Morgan fingerprint density at radius 3 is 1.67 bits per heavy atom. The standard InChI is InChI=1S/C46H30NOP/c48-49(38-20-8-3-9-21-38)43-25-24-40-39-22-12-13-23-42(39)47(46(40)45(43)41-29-33-18-10-11-19-34(33)30-44(41)49)37-27-35(31-14-4-1-5-15-31)26-36(28-37)32-16-6-2-7-17-32/h1-30H. The lowest BCUT2D eigenvalue weighted by atomic mass is 9.97. The molecule has 230 valence electrons. The van der Waals surface area contributed by atoms with Gasteiger partial charge in [-0.25, -0.2) is 0 Å². The first kappa shape index (κ1) is 28.1. The van der Waals surface area contributed by atoms with Gasteiger partial charge in [-0.1, -0.05) is 140 Å². The van der Waals surface area contributed by atoms with E-state index in [9.17, 15) is 0 Å². The number of aromatic nitrogens is 1. The van der Waals surface area contributed by atoms with Gasteiger partial charge in [0, 0.05) is 37.9 Å². The summed E-state index contributed by atoms with van der Waals surface area (Å²) in [7, 11) is -3.19. The van der Waals surface area contributed by atoms with Crippen LogP contribution in [-0.2, 0) is 4.57 Å². The zero-order valence-corrected chi connectivity index (χ0v) is 27.5. The minimum Gasteiger partial charge on any atom is -0.309 e. The van der Waals surface area contributed by atoms with E-state index in [-0.39, 0.29) is 0 Å². The Labute approximate surface area is 284 Å². The largest absolute Gasteiger partial charge is 0.309 e. The highest BCUT2D eigenvalue weighted by molar-refractivity contribution is 7.86. The monoisotopic (exact) mass is 643 g/mol. The lowest BCUT2D eigenvalue weighted by Crippen LogP contribution is -2.20. The minimum atomic E-state index is -3.19. The van der Waals surface area contributed by atoms with Crippen molar-refractivity contribution in [1.29, 1.82) is 0 Å². The average molecular weight is 644 g/mol. The highest BCUT2D eigenvalue weighted by Crippen LogP contribution is 2.55. The highest BCUT2D eigenvalue weighted by Gasteiger charge is 2.42. The van der Waals surface area contributed by atoms with Gasteiger partial charge < -0.3 is 9.13 Å². The molecule has 1 aromatic heterocycles. The lowest BCUT2D eigenvalue weighted by molar-refractivity contribution is 0.593. The highest BCUT2D eigenvalue weighted by atomic mass is 31.2. The summed E-state index contributed by atoms with van der Waals surface area (Å²) in [6, 6.07) is 64.1. The molecule has 2 nitrogen and oxygen atoms in total. The number of nitrogens with zero attached hydrogens (tertiary/aromatic N) is 1. The van der Waals surface area contributed by atoms with Gasteiger partial charge in [0.25, 0.3) is 0 Å². The van der Waals surface area contributed by atoms with Gasteiger partial charge in [0.1, 0.15) is 0 Å². The van der Waals surface area contributed by atoms with Gasteiger partial charge in [-0.15, -0.1) is 0 Å². The SMILES string of the molecule is O=P1(c2ccccc2)c2cc3ccccc3cc2-c2c1ccc1c3ccccc3n(-c3cc(-c4ccccc4)cc(-c4ccccc4)c3)c21. The molecule has 10 rings (SSSR count). The van der Waals surface area contributed by atoms with Crippen LogP contribution in [0.2, 0.25) is 0 Å². The third-order valence-corrected chi connectivity index (χ3v) is 13.3. The number of benzene rings is 8. The molecule has 2 heterocycles. The Bertz CT molecular complexity index is 2720. The van der Waals surface area contributed by atoms with Gasteiger partial charge in [0.15, 0.2) is 7.14 Å². The van der Waals surface area contributed by atoms with Crippen molar-refractivity contribution in [2.45, 2.75) is 0 Å². The normalized spacial score (nSPS) is 15.1. The summed E-state index contributed by atoms with van der Waals surface area (Å²) in [4.78, 5) is 0. The molecule has 1 aliphatic rings. The fraction of sp³-hybridized carbons (Fsp3) is 0. The molecule has 0 radical (unpaired) electrons. The van der Waals surface area contributed by atoms with Crippen molar-refractivity contribution in [2.75, 3.05) is 0 Å². The van der Waals surface area contributed by atoms with E-state index in [4.69, 9.17) is 0 Å². The Balaban J connectivity index is 1.37. The zero-order valence-electron chi connectivity index (χ0n) is 26.6. The van der Waals surface area contributed by atoms with Crippen LogP contribution in [0.3, 0.4) is 0 Å². The van der Waals surface area contributed by atoms with Crippen LogP contribution in [0.15, 0.2) is 182 Å². The van der Waals surface area contributed by atoms with Crippen molar-refractivity contribution >= 4 is 55.6 Å². The summed E-state index contributed by atoms with van der Waals surface area (Å²) in [6.07, 6.45) is 0. The summed E-state index contributed by atoms with van der Waals surface area (Å²) in [5, 5.41) is 7.26. The van der Waals surface area contributed by atoms with Crippen molar-refractivity contribution in [2.24, 2.45) is 0 Å². The Hall–Kier alpha value is -5.95. The molecule has 0 N–H and O–H groups in total. The van der Waals surface area contributed by atoms with Gasteiger partial charge in [0.05, 0.1) is 11.0 Å². The molecule has 3 heteroatoms. The molecule has 0 fully saturated rings. The van der Waals surface area contributed by atoms with Crippen molar-refractivity contribution in [3.63, 3.8) is 0 Å². The number of hydrogen-bond donors (Lipinski definition) is 0. The molecular formula is C46H30NOP. The van der Waals surface area contributed by atoms with Crippen molar-refractivity contribution in [3.05, 3.63) is 182 Å². The van der Waals surface area contributed by atoms with Crippen LogP contribution in [0.25, 0.3) is 71.6 Å². The molecule has 0 amide bonds. The van der Waals surface area contributed by atoms with Crippen LogP contribution in [0, 0.1) is 0 Å². The first-order valence-corrected chi connectivity index (χ1v) is 18.4. The Morgan fingerprint density at radius 2 is 1.00 bits per heavy atom. The van der Waals surface area contributed by atoms with E-state index in [2.05, 4.69) is 156 Å². The van der Waals surface area contributed by atoms with Gasteiger partial charge in [-0.3, -0.25) is 0 Å². The first-order valence-electron chi connectivity index (χ1n) is 16.7. The van der Waals surface area contributed by atoms with Gasteiger partial charge in [-0.2, -0.15) is 0 Å². The van der Waals surface area contributed by atoms with E-state index in [0.29, 0.717) is 0 Å². The molecule has 1 aliphatic heterocycles. The number of hydrogen-bond acceptors (Lipinski definition) is 1. The summed E-state index contributed by atoms with van der Waals surface area (Å²) >= 11 is 0. The number of para-hydroxylation sites is 1. The van der Waals surface area contributed by atoms with E-state index >= 15 is 4.57 Å². The van der Waals surface area contributed by atoms with Crippen molar-refractivity contribution in [1.82, 2.24) is 4.57 Å². The molecule has 0 spiro atoms. The van der Waals surface area contributed by atoms with Crippen molar-refractivity contribution in [3.8, 4) is 39.1 Å². The molecule has 0 saturated carbocycles. The van der Waals surface area contributed by atoms with E-state index in [1.54, 1.807) is 0 Å². The fourth-order valence-corrected chi connectivity index (χ4v) is 11.0. The third-order valence-electron chi connectivity index (χ3n) is 10.1. The molecule has 1 atom stereocenters. The predicted octanol–water partition coefficient (Wildman–Crippen LogP) is 10.9. The van der Waals surface area contributed by atoms with E-state index in [1.807, 2.05) is 30.3 Å². The van der Waals surface area contributed by atoms with Crippen LogP contribution in [-0.4, -0.2) is 4.57 Å². The maximum Gasteiger partial charge on any atom is 0.172 e. The molecule has 1 unspecified atom stereocenters. The summed E-state index contributed by atoms with van der Waals surface area (Å²) in [5.41, 5.74) is 10.0. The second-order valence-corrected chi connectivity index (χ2v) is 15.6. The van der Waals surface area contributed by atoms with Crippen LogP contribution in [0.5, 0.6) is 0 Å². The van der Waals surface area contributed by atoms with Crippen molar-refractivity contribution < 1.29 is 4.57 Å². The van der Waals surface area contributed by atoms with Crippen LogP contribution < -0.4 is 15.9 Å². The Morgan fingerprint density at radius 1 is 0.429 bits per heavy atom. The van der Waals surface area contributed by atoms with Gasteiger partial charge >= 0.3 is 0 Å². The molecule has 0 saturated heterocycles. The quantitative estimate of drug-likeness (QED) is 0.175. The molecule has 49 heavy (non-hydrogen) atoms. The second kappa shape index (κ2) is 10.8. The lowest BCUT2D eigenvalue weighted by Gasteiger charge is -2.17. The second-order valence-electron chi connectivity index (χ2n) is 12.9. The number of rotatable bonds is 4. The predicted molar refractivity (Wildman–Crippen MR) is 208 cm³/mol. The summed E-state index contributed by atoms with van der Waals surface area (Å²) in [5.74, 6) is 0. The molecule has 0 aliphatic carbocycles. The topological polar surface area (TPSA) is 22.0 Å². The third kappa shape index (κ3) is 4.18. The number of fused-ring (bicyclic) bond motifs is 8. The van der Waals surface area contributed by atoms with E-state index < -0.39 is 7.14 Å². The minimum absolute atomic E-state index is 0.865. The van der Waals surface area contributed by atoms with Crippen LogP contribution in [0.1, 0.15) is 0 Å². The molecular weight excluding hydrogens is 613 g/mol. The van der Waals surface area contributed by atoms with Gasteiger partial charge in [0.2, 0.25) is 0 Å². The van der Waals surface area contributed by atoms with E-state index in [1.165, 1.54) is 5.39 Å². The Kier molecular flexibility index (Phi) is 6.19. The summed E-state index contributed by atoms with van der Waals surface area (Å²) in [6.45, 7) is 0. The fourth-order valence-electron chi connectivity index (χ4n) is 7.91. The van der Waals surface area contributed by atoms with Gasteiger partial charge in [-0.05, 0) is 81.1 Å².